The Balaban J connectivity index is 1.75. The fourth-order valence-corrected chi connectivity index (χ4v) is 2.58. The second-order valence-corrected chi connectivity index (χ2v) is 4.79. The van der Waals surface area contributed by atoms with Gasteiger partial charge in [-0.15, -0.1) is 0 Å². The van der Waals surface area contributed by atoms with Crippen molar-refractivity contribution in [3.05, 3.63) is 47.6 Å². The Bertz CT molecular complexity index is 509. The molecule has 0 saturated carbocycles. The topological polar surface area (TPSA) is 42.2 Å². The predicted molar refractivity (Wildman–Crippen MR) is 67.9 cm³/mol. The molecule has 4 heteroatoms. The zero-order valence-electron chi connectivity index (χ0n) is 10.5. The molecule has 0 N–H and O–H groups in total. The van der Waals surface area contributed by atoms with Gasteiger partial charge in [0.1, 0.15) is 0 Å². The smallest absolute Gasteiger partial charge is 0.223 e. The van der Waals surface area contributed by atoms with Gasteiger partial charge < -0.3 is 4.52 Å². The highest BCUT2D eigenvalue weighted by Crippen LogP contribution is 2.31. The van der Waals surface area contributed by atoms with Crippen LogP contribution in [0.5, 0.6) is 0 Å². The molecule has 1 fully saturated rings. The minimum atomic E-state index is 0.308. The van der Waals surface area contributed by atoms with Gasteiger partial charge in [-0.3, -0.25) is 4.90 Å². The third kappa shape index (κ3) is 2.29. The Morgan fingerprint density at radius 3 is 2.89 bits per heavy atom. The van der Waals surface area contributed by atoms with Crippen LogP contribution in [0.4, 0.5) is 0 Å². The third-order valence-electron chi connectivity index (χ3n) is 3.43. The Kier molecular flexibility index (Phi) is 3.11. The highest BCUT2D eigenvalue weighted by molar-refractivity contribution is 5.15. The maximum atomic E-state index is 5.09. The number of hydrogen-bond donors (Lipinski definition) is 0. The van der Waals surface area contributed by atoms with Crippen molar-refractivity contribution < 1.29 is 4.52 Å². The van der Waals surface area contributed by atoms with Gasteiger partial charge in [-0.2, -0.15) is 4.98 Å². The molecule has 1 aliphatic rings. The van der Waals surface area contributed by atoms with E-state index in [1.807, 2.05) is 13.0 Å². The second kappa shape index (κ2) is 4.90. The number of likely N-dealkylation sites (tertiary alicyclic amines) is 1. The molecule has 0 bridgehead atoms. The standard InChI is InChI=1S/C14H17N3O/c1-11-15-14(16-18-11)13-8-5-9-17(13)10-12-6-3-2-4-7-12/h2-4,6-7,13H,5,8-10H2,1H3. The average molecular weight is 243 g/mol. The maximum absolute atomic E-state index is 5.09. The van der Waals surface area contributed by atoms with Crippen molar-refractivity contribution in [1.29, 1.82) is 0 Å². The molecule has 1 saturated heterocycles. The molecule has 1 aromatic carbocycles. The fraction of sp³-hybridized carbons (Fsp3) is 0.429. The Labute approximate surface area is 107 Å². The molecule has 18 heavy (non-hydrogen) atoms. The quantitative estimate of drug-likeness (QED) is 0.831. The van der Waals surface area contributed by atoms with Gasteiger partial charge in [0.25, 0.3) is 0 Å². The van der Waals surface area contributed by atoms with Crippen LogP contribution in [0.2, 0.25) is 0 Å². The normalized spacial score (nSPS) is 20.4. The first-order valence-corrected chi connectivity index (χ1v) is 6.41. The predicted octanol–water partition coefficient (Wildman–Crippen LogP) is 2.72. The van der Waals surface area contributed by atoms with E-state index < -0.39 is 0 Å². The number of nitrogens with zero attached hydrogens (tertiary/aromatic N) is 3. The number of aromatic nitrogens is 2. The molecule has 1 aliphatic heterocycles. The van der Waals surface area contributed by atoms with Crippen LogP contribution < -0.4 is 0 Å². The summed E-state index contributed by atoms with van der Waals surface area (Å²) in [6.45, 7) is 3.90. The van der Waals surface area contributed by atoms with Crippen LogP contribution in [-0.4, -0.2) is 21.6 Å². The lowest BCUT2D eigenvalue weighted by molar-refractivity contribution is 0.234. The van der Waals surface area contributed by atoms with Crippen LogP contribution in [0.25, 0.3) is 0 Å². The van der Waals surface area contributed by atoms with Gasteiger partial charge in [-0.25, -0.2) is 0 Å². The summed E-state index contributed by atoms with van der Waals surface area (Å²) in [5, 5.41) is 4.06. The van der Waals surface area contributed by atoms with Crippen molar-refractivity contribution in [2.24, 2.45) is 0 Å². The summed E-state index contributed by atoms with van der Waals surface area (Å²) in [4.78, 5) is 6.80. The first kappa shape index (κ1) is 11.4. The molecule has 1 aromatic heterocycles. The van der Waals surface area contributed by atoms with Gasteiger partial charge >= 0.3 is 0 Å². The van der Waals surface area contributed by atoms with E-state index in [2.05, 4.69) is 39.3 Å². The lowest BCUT2D eigenvalue weighted by atomic mass is 10.2. The van der Waals surface area contributed by atoms with Crippen molar-refractivity contribution in [3.8, 4) is 0 Å². The maximum Gasteiger partial charge on any atom is 0.223 e. The SMILES string of the molecule is Cc1nc(C2CCCN2Cc2ccccc2)no1. The molecule has 0 aliphatic carbocycles. The van der Waals surface area contributed by atoms with Crippen LogP contribution in [0.1, 0.15) is 36.2 Å². The van der Waals surface area contributed by atoms with Crippen molar-refractivity contribution in [1.82, 2.24) is 15.0 Å². The van der Waals surface area contributed by atoms with E-state index >= 15 is 0 Å². The molecule has 2 heterocycles. The highest BCUT2D eigenvalue weighted by atomic mass is 16.5. The fourth-order valence-electron chi connectivity index (χ4n) is 2.58. The van der Waals surface area contributed by atoms with Crippen LogP contribution >= 0.6 is 0 Å². The number of hydrogen-bond acceptors (Lipinski definition) is 4. The van der Waals surface area contributed by atoms with Crippen molar-refractivity contribution >= 4 is 0 Å². The minimum absolute atomic E-state index is 0.308. The first-order chi connectivity index (χ1) is 8.83. The van der Waals surface area contributed by atoms with E-state index in [-0.39, 0.29) is 0 Å². The molecular weight excluding hydrogens is 226 g/mol. The molecule has 94 valence electrons. The van der Waals surface area contributed by atoms with Crippen LogP contribution in [0.3, 0.4) is 0 Å². The molecule has 0 spiro atoms. The summed E-state index contributed by atoms with van der Waals surface area (Å²) < 4.78 is 5.09. The van der Waals surface area contributed by atoms with Crippen molar-refractivity contribution in [3.63, 3.8) is 0 Å². The van der Waals surface area contributed by atoms with Crippen molar-refractivity contribution in [2.45, 2.75) is 32.4 Å². The molecule has 3 rings (SSSR count). The highest BCUT2D eigenvalue weighted by Gasteiger charge is 2.29. The molecule has 1 atom stereocenters. The summed E-state index contributed by atoms with van der Waals surface area (Å²) in [6, 6.07) is 10.8. The summed E-state index contributed by atoms with van der Waals surface area (Å²) in [5.74, 6) is 1.48. The van der Waals surface area contributed by atoms with Gasteiger partial charge in [0, 0.05) is 13.5 Å². The minimum Gasteiger partial charge on any atom is -0.340 e. The molecule has 0 amide bonds. The van der Waals surface area contributed by atoms with E-state index in [0.717, 1.165) is 25.3 Å². The Hall–Kier alpha value is -1.68. The van der Waals surface area contributed by atoms with Crippen molar-refractivity contribution in [2.75, 3.05) is 6.54 Å². The van der Waals surface area contributed by atoms with E-state index in [1.54, 1.807) is 0 Å². The van der Waals surface area contributed by atoms with E-state index in [4.69, 9.17) is 4.52 Å². The molecule has 4 nitrogen and oxygen atoms in total. The van der Waals surface area contributed by atoms with Gasteiger partial charge in [0.15, 0.2) is 5.82 Å². The summed E-state index contributed by atoms with van der Waals surface area (Å²) in [6.07, 6.45) is 2.32. The largest absolute Gasteiger partial charge is 0.340 e. The summed E-state index contributed by atoms with van der Waals surface area (Å²) in [5.41, 5.74) is 1.34. The molecular formula is C14H17N3O. The monoisotopic (exact) mass is 243 g/mol. The zero-order valence-corrected chi connectivity index (χ0v) is 10.5. The molecule has 1 unspecified atom stereocenters. The van der Waals surface area contributed by atoms with E-state index in [0.29, 0.717) is 11.9 Å². The second-order valence-electron chi connectivity index (χ2n) is 4.79. The van der Waals surface area contributed by atoms with Gasteiger partial charge in [-0.05, 0) is 24.9 Å². The summed E-state index contributed by atoms with van der Waals surface area (Å²) in [7, 11) is 0. The lowest BCUT2D eigenvalue weighted by Gasteiger charge is -2.21. The van der Waals surface area contributed by atoms with Crippen LogP contribution in [-0.2, 0) is 6.54 Å². The average Bonchev–Trinajstić information content (AvgIpc) is 2.99. The van der Waals surface area contributed by atoms with Gasteiger partial charge in [0.05, 0.1) is 6.04 Å². The first-order valence-electron chi connectivity index (χ1n) is 6.41. The number of aryl methyl sites for hydroxylation is 1. The zero-order chi connectivity index (χ0) is 12.4. The van der Waals surface area contributed by atoms with E-state index in [9.17, 15) is 0 Å². The number of benzene rings is 1. The third-order valence-corrected chi connectivity index (χ3v) is 3.43. The molecule has 0 radical (unpaired) electrons. The summed E-state index contributed by atoms with van der Waals surface area (Å²) >= 11 is 0. The van der Waals surface area contributed by atoms with Gasteiger partial charge in [0.2, 0.25) is 5.89 Å². The van der Waals surface area contributed by atoms with Crippen LogP contribution in [0, 0.1) is 6.92 Å². The Morgan fingerprint density at radius 1 is 1.33 bits per heavy atom. The Morgan fingerprint density at radius 2 is 2.17 bits per heavy atom. The van der Waals surface area contributed by atoms with Crippen LogP contribution in [0.15, 0.2) is 34.9 Å². The number of rotatable bonds is 3. The van der Waals surface area contributed by atoms with Gasteiger partial charge in [-0.1, -0.05) is 35.5 Å². The lowest BCUT2D eigenvalue weighted by Crippen LogP contribution is -2.23. The van der Waals surface area contributed by atoms with E-state index in [1.165, 1.54) is 12.0 Å². The molecule has 2 aromatic rings.